The maximum atomic E-state index is 3.69. The fraction of sp³-hybridized carbons (Fsp3) is 0.714. The highest BCUT2D eigenvalue weighted by Gasteiger charge is 2.26. The van der Waals surface area contributed by atoms with Gasteiger partial charge in [-0.25, -0.2) is 0 Å². The lowest BCUT2D eigenvalue weighted by molar-refractivity contribution is 0.116. The smallest absolute Gasteiger partial charge is 0.0332 e. The first-order valence-electron chi connectivity index (χ1n) is 6.93. The Balaban J connectivity index is 1.97. The molecule has 1 aromatic heterocycles. The van der Waals surface area contributed by atoms with Gasteiger partial charge in [-0.15, -0.1) is 11.3 Å². The van der Waals surface area contributed by atoms with Crippen LogP contribution < -0.4 is 5.32 Å². The van der Waals surface area contributed by atoms with Crippen molar-refractivity contribution in [1.82, 2.24) is 10.2 Å². The molecule has 1 aromatic rings. The number of rotatable bonds is 5. The molecule has 0 aliphatic carbocycles. The average molecular weight is 331 g/mol. The minimum absolute atomic E-state index is 0.682. The van der Waals surface area contributed by atoms with Crippen molar-refractivity contribution in [3.8, 4) is 0 Å². The SMILES string of the molecule is CCCC1CN(Cc2cc(Br)cs2)C(CC)CN1. The van der Waals surface area contributed by atoms with Crippen molar-refractivity contribution < 1.29 is 0 Å². The molecule has 102 valence electrons. The van der Waals surface area contributed by atoms with Gasteiger partial charge in [-0.3, -0.25) is 4.90 Å². The lowest BCUT2D eigenvalue weighted by Gasteiger charge is -2.40. The summed E-state index contributed by atoms with van der Waals surface area (Å²) in [6.45, 7) is 8.02. The van der Waals surface area contributed by atoms with Crippen LogP contribution in [-0.4, -0.2) is 30.1 Å². The Morgan fingerprint density at radius 2 is 2.33 bits per heavy atom. The molecule has 0 radical (unpaired) electrons. The van der Waals surface area contributed by atoms with E-state index in [4.69, 9.17) is 0 Å². The largest absolute Gasteiger partial charge is 0.311 e. The molecule has 0 spiro atoms. The van der Waals surface area contributed by atoms with Crippen LogP contribution in [0.25, 0.3) is 0 Å². The molecule has 1 fully saturated rings. The number of hydrogen-bond donors (Lipinski definition) is 1. The summed E-state index contributed by atoms with van der Waals surface area (Å²) in [5.41, 5.74) is 0. The maximum absolute atomic E-state index is 3.69. The second kappa shape index (κ2) is 7.04. The molecule has 1 N–H and O–H groups in total. The standard InChI is InChI=1S/C14H23BrN2S/c1-3-5-12-8-17(13(4-2)7-16-12)9-14-6-11(15)10-18-14/h6,10,12-13,16H,3-5,7-9H2,1-2H3. The fourth-order valence-corrected chi connectivity index (χ4v) is 4.18. The van der Waals surface area contributed by atoms with Crippen molar-refractivity contribution in [2.75, 3.05) is 13.1 Å². The fourth-order valence-electron chi connectivity index (χ4n) is 2.70. The Morgan fingerprint density at radius 1 is 1.50 bits per heavy atom. The summed E-state index contributed by atoms with van der Waals surface area (Å²) in [5.74, 6) is 0. The van der Waals surface area contributed by atoms with Crippen molar-refractivity contribution in [3.05, 3.63) is 20.8 Å². The van der Waals surface area contributed by atoms with Crippen molar-refractivity contribution in [3.63, 3.8) is 0 Å². The molecule has 1 aliphatic rings. The first-order valence-corrected chi connectivity index (χ1v) is 8.60. The Hall–Kier alpha value is 0.1000. The third kappa shape index (κ3) is 3.80. The summed E-state index contributed by atoms with van der Waals surface area (Å²) in [6, 6.07) is 3.63. The molecule has 2 rings (SSSR count). The molecule has 4 heteroatoms. The average Bonchev–Trinajstić information content (AvgIpc) is 2.76. The van der Waals surface area contributed by atoms with Gasteiger partial charge in [-0.2, -0.15) is 0 Å². The van der Waals surface area contributed by atoms with Crippen molar-refractivity contribution in [2.45, 2.75) is 51.7 Å². The number of nitrogens with one attached hydrogen (secondary N) is 1. The van der Waals surface area contributed by atoms with Gasteiger partial charge < -0.3 is 5.32 Å². The van der Waals surface area contributed by atoms with E-state index in [1.807, 2.05) is 11.3 Å². The van der Waals surface area contributed by atoms with Gasteiger partial charge in [0.15, 0.2) is 0 Å². The van der Waals surface area contributed by atoms with Gasteiger partial charge in [0.25, 0.3) is 0 Å². The molecule has 18 heavy (non-hydrogen) atoms. The quantitative estimate of drug-likeness (QED) is 0.881. The third-order valence-electron chi connectivity index (χ3n) is 3.70. The lowest BCUT2D eigenvalue weighted by Crippen LogP contribution is -2.55. The van der Waals surface area contributed by atoms with E-state index < -0.39 is 0 Å². The summed E-state index contributed by atoms with van der Waals surface area (Å²) in [7, 11) is 0. The van der Waals surface area contributed by atoms with E-state index >= 15 is 0 Å². The summed E-state index contributed by atoms with van der Waals surface area (Å²) in [4.78, 5) is 4.13. The number of piperazine rings is 1. The van der Waals surface area contributed by atoms with E-state index in [1.165, 1.54) is 35.2 Å². The van der Waals surface area contributed by atoms with E-state index in [0.717, 1.165) is 13.1 Å². The first-order chi connectivity index (χ1) is 8.72. The predicted molar refractivity (Wildman–Crippen MR) is 83.2 cm³/mol. The van der Waals surface area contributed by atoms with Crippen LogP contribution >= 0.6 is 27.3 Å². The van der Waals surface area contributed by atoms with E-state index in [2.05, 4.69) is 51.4 Å². The van der Waals surface area contributed by atoms with E-state index in [9.17, 15) is 0 Å². The summed E-state index contributed by atoms with van der Waals surface area (Å²) < 4.78 is 1.22. The van der Waals surface area contributed by atoms with Crippen LogP contribution in [-0.2, 0) is 6.54 Å². The van der Waals surface area contributed by atoms with Crippen molar-refractivity contribution in [2.24, 2.45) is 0 Å². The van der Waals surface area contributed by atoms with Crippen LogP contribution in [0.2, 0.25) is 0 Å². The van der Waals surface area contributed by atoms with Crippen molar-refractivity contribution in [1.29, 1.82) is 0 Å². The molecular formula is C14H23BrN2S. The molecule has 0 amide bonds. The normalized spacial score (nSPS) is 25.5. The highest BCUT2D eigenvalue weighted by atomic mass is 79.9. The summed E-state index contributed by atoms with van der Waals surface area (Å²) in [5, 5.41) is 5.88. The second-order valence-electron chi connectivity index (χ2n) is 5.12. The number of thiophene rings is 1. The number of nitrogens with zero attached hydrogens (tertiary/aromatic N) is 1. The molecule has 2 nitrogen and oxygen atoms in total. The molecule has 2 unspecified atom stereocenters. The van der Waals surface area contributed by atoms with Crippen LogP contribution in [0.5, 0.6) is 0 Å². The van der Waals surface area contributed by atoms with Crippen LogP contribution in [0.3, 0.4) is 0 Å². The van der Waals surface area contributed by atoms with E-state index in [-0.39, 0.29) is 0 Å². The van der Waals surface area contributed by atoms with Gasteiger partial charge >= 0.3 is 0 Å². The minimum atomic E-state index is 0.682. The summed E-state index contributed by atoms with van der Waals surface area (Å²) >= 11 is 5.41. The zero-order valence-electron chi connectivity index (χ0n) is 11.3. The van der Waals surface area contributed by atoms with Gasteiger partial charge in [0, 0.05) is 46.4 Å². The third-order valence-corrected chi connectivity index (χ3v) is 5.38. The van der Waals surface area contributed by atoms with E-state index in [1.54, 1.807) is 0 Å². The van der Waals surface area contributed by atoms with Gasteiger partial charge in [0.2, 0.25) is 0 Å². The first kappa shape index (κ1) is 14.5. The predicted octanol–water partition coefficient (Wildman–Crippen LogP) is 3.86. The highest BCUT2D eigenvalue weighted by molar-refractivity contribution is 9.10. The minimum Gasteiger partial charge on any atom is -0.311 e. The molecule has 1 aliphatic heterocycles. The maximum Gasteiger partial charge on any atom is 0.0332 e. The van der Waals surface area contributed by atoms with Gasteiger partial charge in [0.1, 0.15) is 0 Å². The molecule has 2 heterocycles. The Morgan fingerprint density at radius 3 is 2.94 bits per heavy atom. The zero-order chi connectivity index (χ0) is 13.0. The van der Waals surface area contributed by atoms with E-state index in [0.29, 0.717) is 12.1 Å². The highest BCUT2D eigenvalue weighted by Crippen LogP contribution is 2.23. The van der Waals surface area contributed by atoms with Crippen LogP contribution in [0.15, 0.2) is 15.9 Å². The topological polar surface area (TPSA) is 15.3 Å². The van der Waals surface area contributed by atoms with Gasteiger partial charge in [-0.05, 0) is 34.8 Å². The molecule has 0 saturated carbocycles. The van der Waals surface area contributed by atoms with Crippen LogP contribution in [0.4, 0.5) is 0 Å². The summed E-state index contributed by atoms with van der Waals surface area (Å²) in [6.07, 6.45) is 3.80. The Labute approximate surface area is 123 Å². The van der Waals surface area contributed by atoms with Crippen LogP contribution in [0, 0.1) is 0 Å². The second-order valence-corrected chi connectivity index (χ2v) is 7.03. The van der Waals surface area contributed by atoms with Crippen molar-refractivity contribution >= 4 is 27.3 Å². The van der Waals surface area contributed by atoms with Gasteiger partial charge in [0.05, 0.1) is 0 Å². The zero-order valence-corrected chi connectivity index (χ0v) is 13.7. The monoisotopic (exact) mass is 330 g/mol. The van der Waals surface area contributed by atoms with Crippen LogP contribution in [0.1, 0.15) is 38.0 Å². The Bertz CT molecular complexity index is 366. The number of halogens is 1. The Kier molecular flexibility index (Phi) is 5.67. The molecular weight excluding hydrogens is 308 g/mol. The molecule has 1 saturated heterocycles. The lowest BCUT2D eigenvalue weighted by atomic mass is 10.0. The van der Waals surface area contributed by atoms with Gasteiger partial charge in [-0.1, -0.05) is 20.3 Å². The number of hydrogen-bond acceptors (Lipinski definition) is 3. The molecule has 0 aromatic carbocycles. The molecule has 2 atom stereocenters. The molecule has 0 bridgehead atoms.